The van der Waals surface area contributed by atoms with E-state index in [0.29, 0.717) is 22.7 Å². The number of hydrogen-bond donors (Lipinski definition) is 1. The van der Waals surface area contributed by atoms with Gasteiger partial charge in [-0.1, -0.05) is 6.92 Å². The number of rotatable bonds is 6. The Morgan fingerprint density at radius 2 is 2.14 bits per heavy atom. The number of ether oxygens (including phenoxy) is 1. The maximum atomic E-state index is 8.91. The molecule has 7 heteroatoms. The molecule has 0 fully saturated rings. The summed E-state index contributed by atoms with van der Waals surface area (Å²) < 4.78 is 5.57. The minimum atomic E-state index is -0.0164. The fourth-order valence-corrected chi connectivity index (χ4v) is 2.30. The third-order valence-corrected chi connectivity index (χ3v) is 3.41. The van der Waals surface area contributed by atoms with Gasteiger partial charge in [-0.25, -0.2) is 0 Å². The second-order valence-corrected chi connectivity index (χ2v) is 5.72. The molecule has 0 spiro atoms. The second-order valence-electron chi connectivity index (χ2n) is 4.63. The first-order valence-corrected chi connectivity index (χ1v) is 7.61. The zero-order valence-corrected chi connectivity index (χ0v) is 13.1. The van der Waals surface area contributed by atoms with E-state index in [1.54, 1.807) is 6.07 Å². The molecule has 0 radical (unpaired) electrons. The molecule has 0 atom stereocenters. The molecule has 2 rings (SSSR count). The smallest absolute Gasteiger partial charge is 0.322 e. The Morgan fingerprint density at radius 1 is 1.33 bits per heavy atom. The van der Waals surface area contributed by atoms with E-state index >= 15 is 0 Å². The topological polar surface area (TPSA) is 83.7 Å². The Morgan fingerprint density at radius 3 is 2.76 bits per heavy atom. The summed E-state index contributed by atoms with van der Waals surface area (Å²) in [5.41, 5.74) is 0. The predicted molar refractivity (Wildman–Crippen MR) is 82.4 cm³/mol. The van der Waals surface area contributed by atoms with Crippen LogP contribution in [0, 0.1) is 11.3 Å². The zero-order chi connectivity index (χ0) is 15.2. The van der Waals surface area contributed by atoms with Crippen LogP contribution in [0.4, 0.5) is 5.95 Å². The quantitative estimate of drug-likeness (QED) is 0.883. The normalized spacial score (nSPS) is 10.4. The number of nitrogens with one attached hydrogen (secondary N) is 1. The van der Waals surface area contributed by atoms with Gasteiger partial charge in [-0.15, -0.1) is 11.3 Å². The molecule has 110 valence electrons. The molecule has 1 N–H and O–H groups in total. The monoisotopic (exact) mass is 303 g/mol. The maximum Gasteiger partial charge on any atom is 0.322 e. The van der Waals surface area contributed by atoms with E-state index in [0.717, 1.165) is 17.8 Å². The van der Waals surface area contributed by atoms with Crippen LogP contribution in [0.25, 0.3) is 10.7 Å². The van der Waals surface area contributed by atoms with Gasteiger partial charge in [0.15, 0.2) is 5.82 Å². The average molecular weight is 303 g/mol. The van der Waals surface area contributed by atoms with Crippen molar-refractivity contribution in [2.24, 2.45) is 0 Å². The summed E-state index contributed by atoms with van der Waals surface area (Å²) in [6.45, 7) is 6.68. The Labute approximate surface area is 127 Å². The van der Waals surface area contributed by atoms with Crippen molar-refractivity contribution >= 4 is 17.3 Å². The number of thiophene rings is 1. The van der Waals surface area contributed by atoms with Crippen LogP contribution in [-0.2, 0) is 0 Å². The van der Waals surface area contributed by atoms with Gasteiger partial charge < -0.3 is 10.1 Å². The maximum absolute atomic E-state index is 8.91. The lowest BCUT2D eigenvalue weighted by Crippen LogP contribution is -2.12. The van der Waals surface area contributed by atoms with Crippen LogP contribution in [0.1, 0.15) is 32.1 Å². The fraction of sp³-hybridized carbons (Fsp3) is 0.429. The molecule has 2 aromatic heterocycles. The molecule has 0 saturated carbocycles. The van der Waals surface area contributed by atoms with Crippen LogP contribution in [0.15, 0.2) is 12.1 Å². The SMILES string of the molecule is CCCNc1nc(OC(C)C)nc(-c2ccc(C#N)s2)n1. The number of nitrogens with zero attached hydrogens (tertiary/aromatic N) is 4. The first-order valence-electron chi connectivity index (χ1n) is 6.79. The highest BCUT2D eigenvalue weighted by Gasteiger charge is 2.12. The molecule has 6 nitrogen and oxygen atoms in total. The van der Waals surface area contributed by atoms with Crippen molar-refractivity contribution in [2.45, 2.75) is 33.3 Å². The molecule has 0 aliphatic carbocycles. The van der Waals surface area contributed by atoms with E-state index in [1.165, 1.54) is 11.3 Å². The van der Waals surface area contributed by atoms with E-state index < -0.39 is 0 Å². The van der Waals surface area contributed by atoms with Crippen LogP contribution in [-0.4, -0.2) is 27.6 Å². The van der Waals surface area contributed by atoms with Gasteiger partial charge in [-0.05, 0) is 32.4 Å². The standard InChI is InChI=1S/C14H17N5OS/c1-4-7-16-13-17-12(11-6-5-10(8-15)21-11)18-14(19-13)20-9(2)3/h5-6,9H,4,7H2,1-3H3,(H,16,17,18,19). The van der Waals surface area contributed by atoms with Crippen molar-refractivity contribution in [3.63, 3.8) is 0 Å². The summed E-state index contributed by atoms with van der Waals surface area (Å²) in [5.74, 6) is 1.01. The summed E-state index contributed by atoms with van der Waals surface area (Å²) in [6, 6.07) is 6.00. The lowest BCUT2D eigenvalue weighted by Gasteiger charge is -2.10. The lowest BCUT2D eigenvalue weighted by molar-refractivity contribution is 0.222. The van der Waals surface area contributed by atoms with E-state index in [2.05, 4.69) is 33.3 Å². The molecule has 2 heterocycles. The number of hydrogen-bond acceptors (Lipinski definition) is 7. The van der Waals surface area contributed by atoms with Crippen LogP contribution >= 0.6 is 11.3 Å². The average Bonchev–Trinajstić information content (AvgIpc) is 2.93. The molecular formula is C14H17N5OS. The Balaban J connectivity index is 2.36. The minimum absolute atomic E-state index is 0.0164. The Kier molecular flexibility index (Phi) is 5.06. The van der Waals surface area contributed by atoms with Crippen molar-refractivity contribution in [2.75, 3.05) is 11.9 Å². The van der Waals surface area contributed by atoms with Crippen LogP contribution in [0.3, 0.4) is 0 Å². The number of aromatic nitrogens is 3. The highest BCUT2D eigenvalue weighted by atomic mass is 32.1. The number of anilines is 1. The molecule has 0 aliphatic heterocycles. The number of nitriles is 1. The predicted octanol–water partition coefficient (Wildman–Crippen LogP) is 3.08. The lowest BCUT2D eigenvalue weighted by atomic mass is 10.4. The van der Waals surface area contributed by atoms with Crippen LogP contribution < -0.4 is 10.1 Å². The molecule has 21 heavy (non-hydrogen) atoms. The Hall–Kier alpha value is -2.20. The van der Waals surface area contributed by atoms with Crippen molar-refractivity contribution in [3.8, 4) is 22.8 Å². The molecule has 0 aromatic carbocycles. The fourth-order valence-electron chi connectivity index (χ4n) is 1.56. The highest BCUT2D eigenvalue weighted by Crippen LogP contribution is 2.26. The van der Waals surface area contributed by atoms with Crippen LogP contribution in [0.5, 0.6) is 6.01 Å². The van der Waals surface area contributed by atoms with Gasteiger partial charge in [-0.3, -0.25) is 0 Å². The summed E-state index contributed by atoms with van der Waals surface area (Å²) in [6.07, 6.45) is 0.955. The van der Waals surface area contributed by atoms with E-state index in [-0.39, 0.29) is 6.10 Å². The second kappa shape index (κ2) is 6.99. The van der Waals surface area contributed by atoms with Crippen molar-refractivity contribution in [1.29, 1.82) is 5.26 Å². The molecule has 0 bridgehead atoms. The van der Waals surface area contributed by atoms with Gasteiger partial charge in [0.05, 0.1) is 11.0 Å². The highest BCUT2D eigenvalue weighted by molar-refractivity contribution is 7.15. The summed E-state index contributed by atoms with van der Waals surface area (Å²) in [7, 11) is 0. The third-order valence-electron chi connectivity index (χ3n) is 2.43. The summed E-state index contributed by atoms with van der Waals surface area (Å²) in [4.78, 5) is 14.4. The van der Waals surface area contributed by atoms with E-state index in [9.17, 15) is 0 Å². The van der Waals surface area contributed by atoms with Crippen LogP contribution in [0.2, 0.25) is 0 Å². The van der Waals surface area contributed by atoms with Crippen molar-refractivity contribution < 1.29 is 4.74 Å². The molecule has 2 aromatic rings. The minimum Gasteiger partial charge on any atom is -0.461 e. The molecule has 0 amide bonds. The zero-order valence-electron chi connectivity index (χ0n) is 12.3. The van der Waals surface area contributed by atoms with E-state index in [4.69, 9.17) is 10.00 Å². The van der Waals surface area contributed by atoms with Crippen molar-refractivity contribution in [1.82, 2.24) is 15.0 Å². The Bertz CT molecular complexity index is 647. The molecule has 0 unspecified atom stereocenters. The van der Waals surface area contributed by atoms with Crippen molar-refractivity contribution in [3.05, 3.63) is 17.0 Å². The van der Waals surface area contributed by atoms with E-state index in [1.807, 2.05) is 19.9 Å². The van der Waals surface area contributed by atoms with Gasteiger partial charge in [0, 0.05) is 6.54 Å². The van der Waals surface area contributed by atoms with Gasteiger partial charge in [0.2, 0.25) is 5.95 Å². The van der Waals surface area contributed by atoms with Gasteiger partial charge in [0.25, 0.3) is 0 Å². The third kappa shape index (κ3) is 4.13. The largest absolute Gasteiger partial charge is 0.461 e. The molecule has 0 saturated heterocycles. The van der Waals surface area contributed by atoms with Gasteiger partial charge in [0.1, 0.15) is 10.9 Å². The van der Waals surface area contributed by atoms with Gasteiger partial charge >= 0.3 is 6.01 Å². The molecular weight excluding hydrogens is 286 g/mol. The summed E-state index contributed by atoms with van der Waals surface area (Å²) >= 11 is 1.35. The van der Waals surface area contributed by atoms with Gasteiger partial charge in [-0.2, -0.15) is 20.2 Å². The summed E-state index contributed by atoms with van der Waals surface area (Å²) in [5, 5.41) is 12.0. The first-order chi connectivity index (χ1) is 10.1. The first kappa shape index (κ1) is 15.2. The molecule has 0 aliphatic rings.